The van der Waals surface area contributed by atoms with Crippen molar-refractivity contribution in [3.8, 4) is 17.2 Å². The number of carbonyl (C=O) groups is 1. The molecule has 7 nitrogen and oxygen atoms in total. The molecule has 0 unspecified atom stereocenters. The van der Waals surface area contributed by atoms with Crippen molar-refractivity contribution in [2.45, 2.75) is 6.92 Å². The highest BCUT2D eigenvalue weighted by atomic mass is 32.1. The Morgan fingerprint density at radius 1 is 1.15 bits per heavy atom. The second-order valence-electron chi connectivity index (χ2n) is 5.52. The van der Waals surface area contributed by atoms with Crippen molar-refractivity contribution in [3.63, 3.8) is 0 Å². The lowest BCUT2D eigenvalue weighted by atomic mass is 10.3. The predicted octanol–water partition coefficient (Wildman–Crippen LogP) is 4.11. The number of rotatable bonds is 4. The van der Waals surface area contributed by atoms with Crippen LogP contribution in [0.5, 0.6) is 17.2 Å². The fourth-order valence-electron chi connectivity index (χ4n) is 2.58. The zero-order valence-corrected chi connectivity index (χ0v) is 14.9. The lowest BCUT2D eigenvalue weighted by Gasteiger charge is -2.17. The number of anilines is 2. The molecule has 0 aliphatic carbocycles. The van der Waals surface area contributed by atoms with Crippen LogP contribution in [-0.2, 0) is 0 Å². The van der Waals surface area contributed by atoms with Crippen molar-refractivity contribution >= 4 is 38.4 Å². The second kappa shape index (κ2) is 7.09. The van der Waals surface area contributed by atoms with Gasteiger partial charge in [0, 0.05) is 17.8 Å². The number of ether oxygens (including phenoxy) is 3. The zero-order valence-electron chi connectivity index (χ0n) is 14.1. The maximum Gasteiger partial charge on any atom is 0.325 e. The van der Waals surface area contributed by atoms with E-state index in [9.17, 15) is 4.79 Å². The lowest BCUT2D eigenvalue weighted by Crippen LogP contribution is -2.19. The predicted molar refractivity (Wildman–Crippen MR) is 101 cm³/mol. The van der Waals surface area contributed by atoms with Crippen molar-refractivity contribution in [1.29, 1.82) is 0 Å². The minimum atomic E-state index is -0.356. The van der Waals surface area contributed by atoms with Gasteiger partial charge in [0.05, 0.1) is 16.8 Å². The summed E-state index contributed by atoms with van der Waals surface area (Å²) in [6.45, 7) is 3.59. The third kappa shape index (κ3) is 3.50. The molecule has 3 aromatic rings. The molecule has 0 saturated carbocycles. The summed E-state index contributed by atoms with van der Waals surface area (Å²) in [5, 5.41) is 6.03. The molecule has 0 fully saturated rings. The number of urea groups is 1. The van der Waals surface area contributed by atoms with Gasteiger partial charge in [-0.15, -0.1) is 0 Å². The highest BCUT2D eigenvalue weighted by Gasteiger charge is 2.16. The lowest BCUT2D eigenvalue weighted by molar-refractivity contribution is 0.172. The molecule has 0 atom stereocenters. The van der Waals surface area contributed by atoms with Crippen LogP contribution in [0.3, 0.4) is 0 Å². The molecule has 26 heavy (non-hydrogen) atoms. The molecule has 2 N–H and O–H groups in total. The quantitative estimate of drug-likeness (QED) is 0.721. The topological polar surface area (TPSA) is 81.7 Å². The summed E-state index contributed by atoms with van der Waals surface area (Å²) in [6, 6.07) is 10.5. The number of thiazole rings is 1. The van der Waals surface area contributed by atoms with Gasteiger partial charge in [-0.2, -0.15) is 0 Å². The monoisotopic (exact) mass is 371 g/mol. The van der Waals surface area contributed by atoms with Crippen molar-refractivity contribution in [3.05, 3.63) is 36.4 Å². The van der Waals surface area contributed by atoms with Crippen LogP contribution < -0.4 is 24.8 Å². The summed E-state index contributed by atoms with van der Waals surface area (Å²) in [6.07, 6.45) is 0. The van der Waals surface area contributed by atoms with Gasteiger partial charge in [0.2, 0.25) is 0 Å². The van der Waals surface area contributed by atoms with Gasteiger partial charge < -0.3 is 19.5 Å². The van der Waals surface area contributed by atoms with E-state index in [1.165, 1.54) is 11.3 Å². The average Bonchev–Trinajstić information content (AvgIpc) is 3.02. The number of hydrogen-bond acceptors (Lipinski definition) is 6. The molecule has 0 saturated heterocycles. The third-order valence-corrected chi connectivity index (χ3v) is 4.63. The van der Waals surface area contributed by atoms with E-state index in [-0.39, 0.29) is 6.03 Å². The van der Waals surface area contributed by atoms with Crippen LogP contribution in [0.4, 0.5) is 15.6 Å². The van der Waals surface area contributed by atoms with Gasteiger partial charge in [0.15, 0.2) is 16.6 Å². The summed E-state index contributed by atoms with van der Waals surface area (Å²) in [5.74, 6) is 2.15. The van der Waals surface area contributed by atoms with Gasteiger partial charge >= 0.3 is 6.03 Å². The molecule has 2 aromatic carbocycles. The van der Waals surface area contributed by atoms with Crippen molar-refractivity contribution in [1.82, 2.24) is 4.98 Å². The molecule has 8 heteroatoms. The van der Waals surface area contributed by atoms with Crippen molar-refractivity contribution < 1.29 is 19.0 Å². The highest BCUT2D eigenvalue weighted by Crippen LogP contribution is 2.37. The molecule has 0 radical (unpaired) electrons. The molecular formula is C18H17N3O4S. The summed E-state index contributed by atoms with van der Waals surface area (Å²) in [5.41, 5.74) is 1.43. The Morgan fingerprint density at radius 3 is 2.62 bits per heavy atom. The maximum absolute atomic E-state index is 12.2. The minimum Gasteiger partial charge on any atom is -0.494 e. The first-order valence-corrected chi connectivity index (χ1v) is 9.04. The Labute approximate surface area is 153 Å². The third-order valence-electron chi connectivity index (χ3n) is 3.70. The summed E-state index contributed by atoms with van der Waals surface area (Å²) >= 11 is 1.38. The Balaban J connectivity index is 1.45. The number of nitrogens with zero attached hydrogens (tertiary/aromatic N) is 1. The summed E-state index contributed by atoms with van der Waals surface area (Å²) in [4.78, 5) is 16.6. The number of amides is 2. The van der Waals surface area contributed by atoms with E-state index in [0.29, 0.717) is 42.1 Å². The summed E-state index contributed by atoms with van der Waals surface area (Å²) in [7, 11) is 0. The molecule has 4 rings (SSSR count). The molecule has 1 aliphatic rings. The van der Waals surface area contributed by atoms with E-state index in [2.05, 4.69) is 15.6 Å². The Hall–Kier alpha value is -3.00. The van der Waals surface area contributed by atoms with Crippen LogP contribution in [0.15, 0.2) is 36.4 Å². The number of hydrogen-bond donors (Lipinski definition) is 2. The molecule has 1 aromatic heterocycles. The van der Waals surface area contributed by atoms with Crippen molar-refractivity contribution in [2.75, 3.05) is 30.5 Å². The number of benzene rings is 2. The smallest absolute Gasteiger partial charge is 0.325 e. The number of carbonyl (C=O) groups excluding carboxylic acids is 1. The normalized spacial score (nSPS) is 12.7. The minimum absolute atomic E-state index is 0.356. The molecule has 2 amide bonds. The molecule has 2 heterocycles. The van der Waals surface area contributed by atoms with E-state index in [1.54, 1.807) is 24.3 Å². The first-order valence-electron chi connectivity index (χ1n) is 8.22. The number of aromatic nitrogens is 1. The van der Waals surface area contributed by atoms with Crippen LogP contribution in [0.25, 0.3) is 10.2 Å². The second-order valence-corrected chi connectivity index (χ2v) is 6.55. The zero-order chi connectivity index (χ0) is 17.9. The maximum atomic E-state index is 12.2. The van der Waals surface area contributed by atoms with E-state index >= 15 is 0 Å². The summed E-state index contributed by atoms with van der Waals surface area (Å²) < 4.78 is 17.4. The van der Waals surface area contributed by atoms with E-state index in [0.717, 1.165) is 16.0 Å². The number of fused-ring (bicyclic) bond motifs is 2. The van der Waals surface area contributed by atoms with Gasteiger partial charge in [0.1, 0.15) is 19.0 Å². The Bertz CT molecular complexity index is 897. The standard InChI is InChI=1S/C18H17N3O4S/c1-2-23-12-5-3-11(4-6-12)19-17(22)21-18-20-13-9-14-15(10-16(13)26-18)25-8-7-24-14/h3-6,9-10H,2,7-8H2,1H3,(H2,19,20,21,22). The fourth-order valence-corrected chi connectivity index (χ4v) is 3.45. The average molecular weight is 371 g/mol. The van der Waals surface area contributed by atoms with Crippen molar-refractivity contribution in [2.24, 2.45) is 0 Å². The first kappa shape index (κ1) is 16.5. The number of nitrogens with one attached hydrogen (secondary N) is 2. The Kier molecular flexibility index (Phi) is 4.49. The van der Waals surface area contributed by atoms with Crippen LogP contribution in [0.2, 0.25) is 0 Å². The van der Waals surface area contributed by atoms with Crippen LogP contribution in [0.1, 0.15) is 6.92 Å². The van der Waals surface area contributed by atoms with E-state index in [1.807, 2.05) is 19.1 Å². The van der Waals surface area contributed by atoms with Crippen LogP contribution >= 0.6 is 11.3 Å². The van der Waals surface area contributed by atoms with E-state index < -0.39 is 0 Å². The highest BCUT2D eigenvalue weighted by molar-refractivity contribution is 7.22. The first-order chi connectivity index (χ1) is 12.7. The van der Waals surface area contributed by atoms with Gasteiger partial charge in [-0.25, -0.2) is 9.78 Å². The van der Waals surface area contributed by atoms with Gasteiger partial charge in [-0.1, -0.05) is 11.3 Å². The van der Waals surface area contributed by atoms with Crippen LogP contribution in [0, 0.1) is 0 Å². The SMILES string of the molecule is CCOc1ccc(NC(=O)Nc2nc3cc4c(cc3s2)OCCO4)cc1. The largest absolute Gasteiger partial charge is 0.494 e. The van der Waals surface area contributed by atoms with Gasteiger partial charge in [0.25, 0.3) is 0 Å². The van der Waals surface area contributed by atoms with E-state index in [4.69, 9.17) is 14.2 Å². The van der Waals surface area contributed by atoms with Gasteiger partial charge in [-0.05, 0) is 31.2 Å². The molecular weight excluding hydrogens is 354 g/mol. The van der Waals surface area contributed by atoms with Gasteiger partial charge in [-0.3, -0.25) is 5.32 Å². The van der Waals surface area contributed by atoms with Crippen LogP contribution in [-0.4, -0.2) is 30.8 Å². The molecule has 0 bridgehead atoms. The molecule has 134 valence electrons. The molecule has 1 aliphatic heterocycles. The Morgan fingerprint density at radius 2 is 1.88 bits per heavy atom. The fraction of sp³-hybridized carbons (Fsp3) is 0.222. The molecule has 0 spiro atoms.